The minimum Gasteiger partial charge on any atom is -0.0622 e. The summed E-state index contributed by atoms with van der Waals surface area (Å²) < 4.78 is 0. The van der Waals surface area contributed by atoms with Gasteiger partial charge in [-0.3, -0.25) is 0 Å². The highest BCUT2D eigenvalue weighted by Gasteiger charge is 2.46. The van der Waals surface area contributed by atoms with E-state index in [4.69, 9.17) is 0 Å². The van der Waals surface area contributed by atoms with E-state index in [-0.39, 0.29) is 0 Å². The first-order chi connectivity index (χ1) is 22.3. The largest absolute Gasteiger partial charge is 0.0713 e. The summed E-state index contributed by atoms with van der Waals surface area (Å²) in [6.07, 6.45) is 0. The van der Waals surface area contributed by atoms with Gasteiger partial charge in [-0.1, -0.05) is 170 Å². The Balaban J connectivity index is 1.31. The number of fused-ring (bicyclic) bond motifs is 5. The summed E-state index contributed by atoms with van der Waals surface area (Å²) in [6.45, 7) is 0. The molecule has 10 rings (SSSR count). The van der Waals surface area contributed by atoms with Crippen LogP contribution < -0.4 is 0 Å². The van der Waals surface area contributed by atoms with Crippen LogP contribution in [0.4, 0.5) is 0 Å². The van der Waals surface area contributed by atoms with Gasteiger partial charge in [0.05, 0.1) is 5.41 Å². The Bertz CT molecular complexity index is 2520. The monoisotopic (exact) mass is 568 g/mol. The minimum atomic E-state index is -0.397. The lowest BCUT2D eigenvalue weighted by molar-refractivity contribution is 0.769. The lowest BCUT2D eigenvalue weighted by Crippen LogP contribution is -2.28. The third-order valence-corrected chi connectivity index (χ3v) is 10.3. The molecular weight excluding hydrogens is 540 g/mol. The van der Waals surface area contributed by atoms with Crippen molar-refractivity contribution in [1.82, 2.24) is 0 Å². The van der Waals surface area contributed by atoms with Crippen LogP contribution in [0.25, 0.3) is 65.3 Å². The first kappa shape index (κ1) is 24.7. The van der Waals surface area contributed by atoms with Crippen LogP contribution in [-0.4, -0.2) is 0 Å². The third kappa shape index (κ3) is 3.21. The van der Waals surface area contributed by atoms with E-state index in [1.165, 1.54) is 87.6 Å². The molecule has 0 heterocycles. The molecule has 45 heavy (non-hydrogen) atoms. The van der Waals surface area contributed by atoms with Gasteiger partial charge in [-0.2, -0.15) is 0 Å². The first-order valence-corrected chi connectivity index (χ1v) is 15.8. The summed E-state index contributed by atoms with van der Waals surface area (Å²) in [7, 11) is 0. The highest BCUT2D eigenvalue weighted by atomic mass is 14.5. The Hall–Kier alpha value is -5.72. The molecule has 0 aliphatic heterocycles. The highest BCUT2D eigenvalue weighted by molar-refractivity contribution is 6.26. The van der Waals surface area contributed by atoms with Gasteiger partial charge in [-0.05, 0) is 87.6 Å². The smallest absolute Gasteiger partial charge is 0.0622 e. The average molecular weight is 569 g/mol. The zero-order valence-corrected chi connectivity index (χ0v) is 24.7. The summed E-state index contributed by atoms with van der Waals surface area (Å²) in [5, 5.41) is 10.5. The Morgan fingerprint density at radius 3 is 1.60 bits per heavy atom. The number of rotatable bonds is 3. The quantitative estimate of drug-likeness (QED) is 0.186. The van der Waals surface area contributed by atoms with Gasteiger partial charge in [0.1, 0.15) is 0 Å². The highest BCUT2D eigenvalue weighted by Crippen LogP contribution is 2.58. The molecule has 1 aliphatic carbocycles. The fourth-order valence-corrected chi connectivity index (χ4v) is 8.50. The fraction of sp³-hybridized carbons (Fsp3) is 0.0222. The second-order valence-electron chi connectivity index (χ2n) is 12.4. The van der Waals surface area contributed by atoms with Gasteiger partial charge in [-0.15, -0.1) is 0 Å². The van der Waals surface area contributed by atoms with Crippen LogP contribution in [0.5, 0.6) is 0 Å². The molecule has 0 saturated heterocycles. The van der Waals surface area contributed by atoms with Crippen molar-refractivity contribution >= 4 is 43.1 Å². The Morgan fingerprint density at radius 2 is 0.844 bits per heavy atom. The van der Waals surface area contributed by atoms with E-state index in [1.54, 1.807) is 0 Å². The molecule has 0 N–H and O–H groups in total. The van der Waals surface area contributed by atoms with Crippen molar-refractivity contribution in [2.45, 2.75) is 5.41 Å². The van der Waals surface area contributed by atoms with Gasteiger partial charge in [0.15, 0.2) is 0 Å². The van der Waals surface area contributed by atoms with Gasteiger partial charge in [-0.25, -0.2) is 0 Å². The van der Waals surface area contributed by atoms with E-state index in [0.29, 0.717) is 0 Å². The first-order valence-electron chi connectivity index (χ1n) is 15.8. The fourth-order valence-electron chi connectivity index (χ4n) is 8.50. The molecule has 208 valence electrons. The lowest BCUT2D eigenvalue weighted by Gasteiger charge is -2.34. The van der Waals surface area contributed by atoms with Gasteiger partial charge in [0, 0.05) is 0 Å². The van der Waals surface area contributed by atoms with Gasteiger partial charge in [0.2, 0.25) is 0 Å². The van der Waals surface area contributed by atoms with Crippen molar-refractivity contribution in [2.24, 2.45) is 0 Å². The molecule has 0 aromatic heterocycles. The SMILES string of the molecule is c1ccc(C2(c3ccccc3)c3ccccc3-c3c2ccc2c(-c4ccc5ccc6cccc7ccc4c5c67)cccc32)cc1. The zero-order chi connectivity index (χ0) is 29.5. The molecule has 0 spiro atoms. The predicted octanol–water partition coefficient (Wildman–Crippen LogP) is 11.8. The van der Waals surface area contributed by atoms with E-state index in [1.807, 2.05) is 0 Å². The van der Waals surface area contributed by atoms with Crippen LogP contribution in [0.15, 0.2) is 170 Å². The van der Waals surface area contributed by atoms with Crippen molar-refractivity contribution < 1.29 is 0 Å². The summed E-state index contributed by atoms with van der Waals surface area (Å²) >= 11 is 0. The molecule has 0 nitrogen and oxygen atoms in total. The molecule has 0 saturated carbocycles. The second-order valence-corrected chi connectivity index (χ2v) is 12.4. The van der Waals surface area contributed by atoms with Crippen molar-refractivity contribution in [3.63, 3.8) is 0 Å². The summed E-state index contributed by atoms with van der Waals surface area (Å²) in [4.78, 5) is 0. The number of benzene rings is 9. The predicted molar refractivity (Wildman–Crippen MR) is 190 cm³/mol. The third-order valence-electron chi connectivity index (χ3n) is 10.3. The van der Waals surface area contributed by atoms with E-state index < -0.39 is 5.41 Å². The molecular formula is C45H28. The minimum absolute atomic E-state index is 0.397. The molecule has 0 radical (unpaired) electrons. The van der Waals surface area contributed by atoms with E-state index in [0.717, 1.165) is 0 Å². The van der Waals surface area contributed by atoms with Gasteiger partial charge < -0.3 is 0 Å². The maximum atomic E-state index is 2.41. The summed E-state index contributed by atoms with van der Waals surface area (Å²) in [5.74, 6) is 0. The molecule has 0 fully saturated rings. The molecule has 9 aromatic rings. The second kappa shape index (κ2) is 9.14. The number of hydrogen-bond acceptors (Lipinski definition) is 0. The average Bonchev–Trinajstić information content (AvgIpc) is 3.43. The van der Waals surface area contributed by atoms with Crippen molar-refractivity contribution in [2.75, 3.05) is 0 Å². The Morgan fingerprint density at radius 1 is 0.289 bits per heavy atom. The van der Waals surface area contributed by atoms with Crippen molar-refractivity contribution in [3.05, 3.63) is 192 Å². The van der Waals surface area contributed by atoms with Crippen LogP contribution in [0.2, 0.25) is 0 Å². The normalized spacial score (nSPS) is 13.5. The van der Waals surface area contributed by atoms with E-state index >= 15 is 0 Å². The Kier molecular flexibility index (Phi) is 5.02. The van der Waals surface area contributed by atoms with Crippen LogP contribution in [0, 0.1) is 0 Å². The van der Waals surface area contributed by atoms with Crippen LogP contribution in [0.3, 0.4) is 0 Å². The molecule has 0 amide bonds. The number of hydrogen-bond donors (Lipinski definition) is 0. The molecule has 0 atom stereocenters. The van der Waals surface area contributed by atoms with Crippen molar-refractivity contribution in [1.29, 1.82) is 0 Å². The standard InChI is InChI=1S/C45H28/c1-3-13-32(14-4-1)45(33-15-5-2-6-16-33)40-20-8-7-17-39(40)44-37-19-10-18-34(36(37)27-28-41(44)45)35-25-23-31-22-21-29-11-9-12-30-24-26-38(35)43(31)42(29)30/h1-28H. The molecule has 0 heteroatoms. The molecule has 1 aliphatic rings. The topological polar surface area (TPSA) is 0 Å². The maximum absolute atomic E-state index is 2.41. The van der Waals surface area contributed by atoms with Gasteiger partial charge in [0.25, 0.3) is 0 Å². The maximum Gasteiger partial charge on any atom is 0.0713 e. The summed E-state index contributed by atoms with van der Waals surface area (Å²) in [6, 6.07) is 63.3. The Labute approximate surface area is 262 Å². The zero-order valence-electron chi connectivity index (χ0n) is 24.7. The van der Waals surface area contributed by atoms with Crippen LogP contribution >= 0.6 is 0 Å². The van der Waals surface area contributed by atoms with Crippen LogP contribution in [-0.2, 0) is 5.41 Å². The lowest BCUT2D eigenvalue weighted by atomic mass is 9.67. The van der Waals surface area contributed by atoms with Crippen LogP contribution in [0.1, 0.15) is 22.3 Å². The van der Waals surface area contributed by atoms with E-state index in [9.17, 15) is 0 Å². The molecule has 0 bridgehead atoms. The molecule has 0 unspecified atom stereocenters. The molecule has 9 aromatic carbocycles. The van der Waals surface area contributed by atoms with Crippen molar-refractivity contribution in [3.8, 4) is 22.3 Å². The summed E-state index contributed by atoms with van der Waals surface area (Å²) in [5.41, 5.74) is 10.1. The van der Waals surface area contributed by atoms with Gasteiger partial charge >= 0.3 is 0 Å². The van der Waals surface area contributed by atoms with E-state index in [2.05, 4.69) is 170 Å².